The molecular weight excluding hydrogens is 400 g/mol. The predicted molar refractivity (Wildman–Crippen MR) is 120 cm³/mol. The first-order chi connectivity index (χ1) is 14.1. The van der Waals surface area contributed by atoms with E-state index in [1.807, 2.05) is 24.3 Å². The topological polar surface area (TPSA) is 50.8 Å². The Morgan fingerprint density at radius 2 is 1.80 bits per heavy atom. The summed E-state index contributed by atoms with van der Waals surface area (Å²) in [4.78, 5) is 14.8. The minimum Gasteiger partial charge on any atom is -1.00 e. The number of nitrogens with zero attached hydrogens (tertiary/aromatic N) is 1. The fraction of sp³-hybridized carbons (Fsp3) is 0.708. The number of anilines is 1. The van der Waals surface area contributed by atoms with E-state index in [0.29, 0.717) is 24.0 Å². The molecule has 1 amide bonds. The Morgan fingerprint density at radius 3 is 2.57 bits per heavy atom. The summed E-state index contributed by atoms with van der Waals surface area (Å²) in [6, 6.07) is 7.62. The summed E-state index contributed by atoms with van der Waals surface area (Å²) in [7, 11) is 4.16. The van der Waals surface area contributed by atoms with Crippen molar-refractivity contribution in [3.63, 3.8) is 0 Å². The number of amides is 1. The van der Waals surface area contributed by atoms with E-state index in [9.17, 15) is 4.79 Å². The fourth-order valence-corrected chi connectivity index (χ4v) is 4.04. The molecule has 0 radical (unpaired) electrons. The molecule has 1 aliphatic rings. The van der Waals surface area contributed by atoms with E-state index in [1.165, 1.54) is 38.5 Å². The Kier molecular flexibility index (Phi) is 13.6. The summed E-state index contributed by atoms with van der Waals surface area (Å²) in [6.45, 7) is 3.84. The molecule has 1 aromatic carbocycles. The maximum atomic E-state index is 12.6. The van der Waals surface area contributed by atoms with E-state index < -0.39 is 0 Å². The zero-order chi connectivity index (χ0) is 20.9. The molecule has 0 aliphatic heterocycles. The standard InChI is InChI=1S/C24H40N2O3.ClH/c1-4-5-6-7-13-18-28-23-17-12-11-15-21(23)25-24(27)29-22-16-10-8-9-14-20(22)19-26(2)3;/h11-12,15,17,20,22H,4-10,13-14,16,18-19H2,1-3H3,(H,25,27);1H/p-1/t20-,22-;/m1./s1. The normalized spacial score (nSPS) is 18.9. The van der Waals surface area contributed by atoms with Gasteiger partial charge in [0.25, 0.3) is 0 Å². The summed E-state index contributed by atoms with van der Waals surface area (Å²) in [5.74, 6) is 1.11. The summed E-state index contributed by atoms with van der Waals surface area (Å²) in [5, 5.41) is 2.91. The average molecular weight is 440 g/mol. The molecule has 0 spiro atoms. The highest BCUT2D eigenvalue weighted by Crippen LogP contribution is 2.28. The number of nitrogens with one attached hydrogen (secondary N) is 1. The van der Waals surface area contributed by atoms with Crippen molar-refractivity contribution >= 4 is 11.8 Å². The van der Waals surface area contributed by atoms with Gasteiger partial charge in [-0.25, -0.2) is 4.79 Å². The predicted octanol–water partition coefficient (Wildman–Crippen LogP) is 3.10. The van der Waals surface area contributed by atoms with Crippen LogP contribution in [0.3, 0.4) is 0 Å². The van der Waals surface area contributed by atoms with Gasteiger partial charge in [0.1, 0.15) is 11.9 Å². The number of benzene rings is 1. The zero-order valence-electron chi connectivity index (χ0n) is 19.0. The highest BCUT2D eigenvalue weighted by Gasteiger charge is 2.27. The first-order valence-corrected chi connectivity index (χ1v) is 11.4. The average Bonchev–Trinajstić information content (AvgIpc) is 2.90. The van der Waals surface area contributed by atoms with Crippen LogP contribution in [0, 0.1) is 5.92 Å². The van der Waals surface area contributed by atoms with Crippen LogP contribution >= 0.6 is 0 Å². The number of hydrogen-bond acceptors (Lipinski definition) is 4. The molecule has 6 heteroatoms. The molecule has 172 valence electrons. The van der Waals surface area contributed by atoms with Crippen LogP contribution < -0.4 is 22.5 Å². The van der Waals surface area contributed by atoms with Crippen LogP contribution in [0.25, 0.3) is 0 Å². The number of ether oxygens (including phenoxy) is 2. The van der Waals surface area contributed by atoms with E-state index in [-0.39, 0.29) is 24.6 Å². The molecule has 1 fully saturated rings. The van der Waals surface area contributed by atoms with Crippen molar-refractivity contribution in [3.05, 3.63) is 24.3 Å². The summed E-state index contributed by atoms with van der Waals surface area (Å²) < 4.78 is 11.8. The van der Waals surface area contributed by atoms with Gasteiger partial charge in [0.15, 0.2) is 0 Å². The second-order valence-corrected chi connectivity index (χ2v) is 8.49. The fourth-order valence-electron chi connectivity index (χ4n) is 4.04. The third-order valence-electron chi connectivity index (χ3n) is 5.58. The summed E-state index contributed by atoms with van der Waals surface area (Å²) in [6.07, 6.45) is 11.2. The second kappa shape index (κ2) is 15.4. The number of hydrogen-bond donors (Lipinski definition) is 1. The van der Waals surface area contributed by atoms with Crippen LogP contribution in [0.2, 0.25) is 0 Å². The number of carbonyl (C=O) groups excluding carboxylic acids is 1. The van der Waals surface area contributed by atoms with E-state index in [1.54, 1.807) is 0 Å². The molecule has 1 N–H and O–H groups in total. The number of para-hydroxylation sites is 2. The van der Waals surface area contributed by atoms with Crippen molar-refractivity contribution in [2.75, 3.05) is 32.6 Å². The lowest BCUT2D eigenvalue weighted by atomic mass is 9.97. The molecule has 1 saturated carbocycles. The lowest BCUT2D eigenvalue weighted by Crippen LogP contribution is -3.00. The smallest absolute Gasteiger partial charge is 0.412 e. The van der Waals surface area contributed by atoms with Gasteiger partial charge in [-0.1, -0.05) is 57.6 Å². The monoisotopic (exact) mass is 439 g/mol. The van der Waals surface area contributed by atoms with Crippen LogP contribution in [0.4, 0.5) is 10.5 Å². The van der Waals surface area contributed by atoms with Crippen LogP contribution in [0.1, 0.15) is 71.1 Å². The van der Waals surface area contributed by atoms with Crippen LogP contribution in [0.15, 0.2) is 24.3 Å². The molecule has 0 saturated heterocycles. The first-order valence-electron chi connectivity index (χ1n) is 11.4. The first kappa shape index (κ1) is 26.6. The Balaban J connectivity index is 0.00000450. The van der Waals surface area contributed by atoms with Gasteiger partial charge in [-0.2, -0.15) is 0 Å². The largest absolute Gasteiger partial charge is 1.00 e. The molecule has 0 bridgehead atoms. The second-order valence-electron chi connectivity index (χ2n) is 8.49. The third kappa shape index (κ3) is 10.0. The van der Waals surface area contributed by atoms with Crippen LogP contribution in [-0.4, -0.2) is 44.3 Å². The van der Waals surface area contributed by atoms with E-state index in [0.717, 1.165) is 32.2 Å². The number of halogens is 1. The Hall–Kier alpha value is -1.46. The Labute approximate surface area is 189 Å². The van der Waals surface area contributed by atoms with Crippen molar-refractivity contribution in [3.8, 4) is 5.75 Å². The minimum absolute atomic E-state index is 0. The van der Waals surface area contributed by atoms with E-state index in [4.69, 9.17) is 9.47 Å². The minimum atomic E-state index is -0.375. The van der Waals surface area contributed by atoms with Gasteiger partial charge in [0, 0.05) is 12.5 Å². The van der Waals surface area contributed by atoms with Crippen molar-refractivity contribution < 1.29 is 26.7 Å². The van der Waals surface area contributed by atoms with Gasteiger partial charge in [-0.3, -0.25) is 5.32 Å². The van der Waals surface area contributed by atoms with Crippen LogP contribution in [0.5, 0.6) is 5.75 Å². The van der Waals surface area contributed by atoms with E-state index in [2.05, 4.69) is 31.2 Å². The molecule has 2 atom stereocenters. The summed E-state index contributed by atoms with van der Waals surface area (Å²) in [5.41, 5.74) is 0.684. The lowest BCUT2D eigenvalue weighted by molar-refractivity contribution is -0.0000161. The van der Waals surface area contributed by atoms with E-state index >= 15 is 0 Å². The SMILES string of the molecule is CCCCCCCOc1ccccc1NC(=O)O[C@@H]1CCCCC[C@@H]1CN(C)C.[Cl-]. The van der Waals surface area contributed by atoms with Crippen molar-refractivity contribution in [2.24, 2.45) is 5.92 Å². The Bertz CT molecular complexity index is 598. The molecule has 0 heterocycles. The zero-order valence-corrected chi connectivity index (χ0v) is 19.8. The molecule has 30 heavy (non-hydrogen) atoms. The Morgan fingerprint density at radius 1 is 1.07 bits per heavy atom. The van der Waals surface area contributed by atoms with Crippen molar-refractivity contribution in [1.82, 2.24) is 4.90 Å². The highest BCUT2D eigenvalue weighted by atomic mass is 35.5. The van der Waals surface area contributed by atoms with Crippen molar-refractivity contribution in [1.29, 1.82) is 0 Å². The molecule has 5 nitrogen and oxygen atoms in total. The number of unbranched alkanes of at least 4 members (excludes halogenated alkanes) is 4. The quantitative estimate of drug-likeness (QED) is 0.425. The maximum Gasteiger partial charge on any atom is 0.412 e. The van der Waals surface area contributed by atoms with Gasteiger partial charge >= 0.3 is 6.09 Å². The van der Waals surface area contributed by atoms with Gasteiger partial charge in [-0.05, 0) is 51.9 Å². The third-order valence-corrected chi connectivity index (χ3v) is 5.58. The summed E-state index contributed by atoms with van der Waals surface area (Å²) >= 11 is 0. The lowest BCUT2D eigenvalue weighted by Gasteiger charge is -2.27. The van der Waals surface area contributed by atoms with Crippen LogP contribution in [-0.2, 0) is 4.74 Å². The molecular formula is C24H40ClN2O3-. The van der Waals surface area contributed by atoms with Crippen molar-refractivity contribution in [2.45, 2.75) is 77.2 Å². The molecule has 2 rings (SSSR count). The van der Waals surface area contributed by atoms with Gasteiger partial charge in [-0.15, -0.1) is 0 Å². The van der Waals surface area contributed by atoms with Gasteiger partial charge in [0.05, 0.1) is 12.3 Å². The molecule has 1 aliphatic carbocycles. The van der Waals surface area contributed by atoms with Gasteiger partial charge in [0.2, 0.25) is 0 Å². The maximum absolute atomic E-state index is 12.6. The molecule has 0 unspecified atom stereocenters. The molecule has 0 aromatic heterocycles. The number of carbonyl (C=O) groups is 1. The number of rotatable bonds is 11. The van der Waals surface area contributed by atoms with Gasteiger partial charge < -0.3 is 26.8 Å². The highest BCUT2D eigenvalue weighted by molar-refractivity contribution is 5.86. The molecule has 1 aromatic rings.